The molecule has 1 rings (SSSR count). The molecule has 8 heteroatoms. The van der Waals surface area contributed by atoms with Gasteiger partial charge in [-0.3, -0.25) is 10.3 Å². The quantitative estimate of drug-likeness (QED) is 0.271. The van der Waals surface area contributed by atoms with Crippen molar-refractivity contribution in [2.24, 2.45) is 5.11 Å². The normalized spacial score (nSPS) is 13.2. The number of nitrogens with one attached hydrogen (secondary N) is 1. The van der Waals surface area contributed by atoms with E-state index in [9.17, 15) is 9.18 Å². The summed E-state index contributed by atoms with van der Waals surface area (Å²) < 4.78 is 17.7. The van der Waals surface area contributed by atoms with E-state index in [2.05, 4.69) is 20.3 Å². The maximum Gasteiger partial charge on any atom is 0.332 e. The first-order valence-electron chi connectivity index (χ1n) is 6.01. The van der Waals surface area contributed by atoms with Gasteiger partial charge in [0.15, 0.2) is 5.54 Å². The molecule has 1 heterocycles. The first-order valence-corrected chi connectivity index (χ1v) is 6.01. The van der Waals surface area contributed by atoms with Gasteiger partial charge < -0.3 is 4.74 Å². The van der Waals surface area contributed by atoms with Crippen molar-refractivity contribution in [3.8, 4) is 0 Å². The molecule has 0 saturated carbocycles. The molecule has 0 aliphatic carbocycles. The Balaban J connectivity index is 2.83. The van der Waals surface area contributed by atoms with Crippen LogP contribution in [-0.4, -0.2) is 31.2 Å². The summed E-state index contributed by atoms with van der Waals surface area (Å²) in [5, 5.41) is 6.40. The van der Waals surface area contributed by atoms with Gasteiger partial charge in [-0.05, 0) is 37.6 Å². The van der Waals surface area contributed by atoms with Crippen LogP contribution < -0.4 is 5.32 Å². The minimum Gasteiger partial charge on any atom is -0.467 e. The number of carbonyl (C=O) groups excluding carboxylic acids is 1. The zero-order valence-electron chi connectivity index (χ0n) is 11.3. The molecule has 20 heavy (non-hydrogen) atoms. The van der Waals surface area contributed by atoms with E-state index in [0.717, 1.165) is 6.20 Å². The van der Waals surface area contributed by atoms with Crippen molar-refractivity contribution >= 4 is 5.97 Å². The third kappa shape index (κ3) is 3.91. The number of rotatable bonds is 7. The van der Waals surface area contributed by atoms with Gasteiger partial charge in [0.2, 0.25) is 0 Å². The summed E-state index contributed by atoms with van der Waals surface area (Å²) in [6, 6.07) is 2.65. The third-order valence-corrected chi connectivity index (χ3v) is 2.81. The smallest absolute Gasteiger partial charge is 0.332 e. The predicted octanol–water partition coefficient (Wildman–Crippen LogP) is 1.90. The number of halogens is 1. The monoisotopic (exact) mass is 281 g/mol. The molecule has 1 aromatic rings. The lowest BCUT2D eigenvalue weighted by Gasteiger charge is -2.27. The lowest BCUT2D eigenvalue weighted by Crippen LogP contribution is -2.48. The molecule has 0 aliphatic heterocycles. The Labute approximate surface area is 115 Å². The van der Waals surface area contributed by atoms with E-state index in [1.54, 1.807) is 6.92 Å². The number of hydrogen-bond donors (Lipinski definition) is 1. The van der Waals surface area contributed by atoms with Gasteiger partial charge in [0.05, 0.1) is 19.0 Å². The minimum atomic E-state index is -1.18. The van der Waals surface area contributed by atoms with Crippen LogP contribution >= 0.6 is 0 Å². The number of carbonyl (C=O) groups is 1. The molecule has 0 aromatic carbocycles. The van der Waals surface area contributed by atoms with Crippen LogP contribution in [0.3, 0.4) is 0 Å². The number of aromatic nitrogens is 1. The predicted molar refractivity (Wildman–Crippen MR) is 70.2 cm³/mol. The number of hydrogen-bond acceptors (Lipinski definition) is 5. The summed E-state index contributed by atoms with van der Waals surface area (Å²) >= 11 is 0. The zero-order valence-corrected chi connectivity index (χ0v) is 11.3. The molecule has 0 radical (unpaired) electrons. The van der Waals surface area contributed by atoms with E-state index in [0.29, 0.717) is 25.2 Å². The van der Waals surface area contributed by atoms with Gasteiger partial charge in [-0.2, -0.15) is 0 Å². The fraction of sp³-hybridized carbons (Fsp3) is 0.500. The lowest BCUT2D eigenvalue weighted by atomic mass is 9.97. The third-order valence-electron chi connectivity index (χ3n) is 2.81. The molecule has 1 aromatic heterocycles. The molecule has 0 bridgehead atoms. The molecule has 7 nitrogen and oxygen atoms in total. The molecule has 1 unspecified atom stereocenters. The lowest BCUT2D eigenvalue weighted by molar-refractivity contribution is -0.148. The van der Waals surface area contributed by atoms with Crippen molar-refractivity contribution in [2.75, 3.05) is 20.2 Å². The van der Waals surface area contributed by atoms with Crippen LogP contribution in [-0.2, 0) is 15.1 Å². The van der Waals surface area contributed by atoms with Crippen molar-refractivity contribution in [3.05, 3.63) is 40.3 Å². The summed E-state index contributed by atoms with van der Waals surface area (Å²) in [6.45, 7) is 2.34. The number of pyridine rings is 1. The van der Waals surface area contributed by atoms with E-state index in [1.165, 1.54) is 19.2 Å². The van der Waals surface area contributed by atoms with Crippen LogP contribution in [0.1, 0.15) is 19.0 Å². The van der Waals surface area contributed by atoms with Crippen LogP contribution in [0, 0.1) is 5.82 Å². The van der Waals surface area contributed by atoms with Gasteiger partial charge in [0, 0.05) is 11.5 Å². The van der Waals surface area contributed by atoms with E-state index in [-0.39, 0.29) is 0 Å². The van der Waals surface area contributed by atoms with Crippen molar-refractivity contribution in [2.45, 2.75) is 18.9 Å². The Bertz CT molecular complexity index is 501. The second-order valence-electron chi connectivity index (χ2n) is 4.21. The van der Waals surface area contributed by atoms with E-state index in [4.69, 9.17) is 10.3 Å². The minimum absolute atomic E-state index is 0.317. The van der Waals surface area contributed by atoms with Crippen LogP contribution in [0.25, 0.3) is 10.4 Å². The van der Waals surface area contributed by atoms with Crippen molar-refractivity contribution < 1.29 is 13.9 Å². The molecule has 108 valence electrons. The first-order chi connectivity index (χ1) is 9.54. The SMILES string of the molecule is COC(=O)C(C)(NCCCN=[N+]=[N-])c1ccc(F)cn1. The summed E-state index contributed by atoms with van der Waals surface area (Å²) in [5.41, 5.74) is 7.35. The molecule has 0 amide bonds. The fourth-order valence-corrected chi connectivity index (χ4v) is 1.68. The van der Waals surface area contributed by atoms with Crippen molar-refractivity contribution in [3.63, 3.8) is 0 Å². The Morgan fingerprint density at radius 2 is 2.40 bits per heavy atom. The van der Waals surface area contributed by atoms with Gasteiger partial charge in [0.25, 0.3) is 0 Å². The van der Waals surface area contributed by atoms with E-state index < -0.39 is 17.3 Å². The maximum absolute atomic E-state index is 12.9. The van der Waals surface area contributed by atoms with E-state index >= 15 is 0 Å². The molecule has 1 atom stereocenters. The Hall–Kier alpha value is -2.18. The van der Waals surface area contributed by atoms with Crippen LogP contribution in [0.4, 0.5) is 4.39 Å². The van der Waals surface area contributed by atoms with Gasteiger partial charge >= 0.3 is 5.97 Å². The van der Waals surface area contributed by atoms with Crippen molar-refractivity contribution in [1.82, 2.24) is 10.3 Å². The Kier molecular flexibility index (Phi) is 5.89. The number of methoxy groups -OCH3 is 1. The maximum atomic E-state index is 12.9. The second kappa shape index (κ2) is 7.42. The zero-order chi connectivity index (χ0) is 15.0. The molecule has 0 fully saturated rings. The summed E-state index contributed by atoms with van der Waals surface area (Å²) in [6.07, 6.45) is 1.59. The highest BCUT2D eigenvalue weighted by atomic mass is 19.1. The topological polar surface area (TPSA) is 100.0 Å². The molecule has 0 saturated heterocycles. The summed E-state index contributed by atoms with van der Waals surface area (Å²) in [4.78, 5) is 18.5. The number of azide groups is 1. The van der Waals surface area contributed by atoms with Gasteiger partial charge in [0.1, 0.15) is 5.82 Å². The summed E-state index contributed by atoms with van der Waals surface area (Å²) in [7, 11) is 1.27. The molecule has 0 spiro atoms. The van der Waals surface area contributed by atoms with Gasteiger partial charge in [-0.15, -0.1) is 0 Å². The molecule has 1 N–H and O–H groups in total. The molecular weight excluding hydrogens is 265 g/mol. The van der Waals surface area contributed by atoms with Crippen molar-refractivity contribution in [1.29, 1.82) is 0 Å². The van der Waals surface area contributed by atoms with Crippen LogP contribution in [0.2, 0.25) is 0 Å². The number of esters is 1. The average Bonchev–Trinajstić information content (AvgIpc) is 2.46. The Morgan fingerprint density at radius 3 is 2.95 bits per heavy atom. The van der Waals surface area contributed by atoms with Crippen LogP contribution in [0.15, 0.2) is 23.4 Å². The molecular formula is C12H16FN5O2. The van der Waals surface area contributed by atoms with E-state index in [1.807, 2.05) is 0 Å². The van der Waals surface area contributed by atoms with Crippen LogP contribution in [0.5, 0.6) is 0 Å². The average molecular weight is 281 g/mol. The fourth-order valence-electron chi connectivity index (χ4n) is 1.68. The highest BCUT2D eigenvalue weighted by molar-refractivity contribution is 5.81. The first kappa shape index (κ1) is 15.9. The number of ether oxygens (including phenoxy) is 1. The largest absolute Gasteiger partial charge is 0.467 e. The molecule has 0 aliphatic rings. The summed E-state index contributed by atoms with van der Waals surface area (Å²) in [5.74, 6) is -1.01. The number of nitrogens with zero attached hydrogens (tertiary/aromatic N) is 4. The second-order valence-corrected chi connectivity index (χ2v) is 4.21. The highest BCUT2D eigenvalue weighted by Crippen LogP contribution is 2.20. The van der Waals surface area contributed by atoms with Gasteiger partial charge in [-0.25, -0.2) is 9.18 Å². The van der Waals surface area contributed by atoms with Gasteiger partial charge in [-0.1, -0.05) is 5.11 Å². The highest BCUT2D eigenvalue weighted by Gasteiger charge is 2.37. The Morgan fingerprint density at radius 1 is 1.65 bits per heavy atom. The standard InChI is InChI=1S/C12H16FN5O2/c1-12(11(19)20-2,16-6-3-7-17-18-14)10-5-4-9(13)8-15-10/h4-5,8,16H,3,6-7H2,1-2H3.